The van der Waals surface area contributed by atoms with Crippen molar-refractivity contribution in [2.75, 3.05) is 0 Å². The Balaban J connectivity index is 2.44. The van der Waals surface area contributed by atoms with Crippen molar-refractivity contribution in [3.63, 3.8) is 0 Å². The summed E-state index contributed by atoms with van der Waals surface area (Å²) in [5, 5.41) is 10.6. The summed E-state index contributed by atoms with van der Waals surface area (Å²) in [7, 11) is 0. The second-order valence-corrected chi connectivity index (χ2v) is 5.57. The van der Waals surface area contributed by atoms with Gasteiger partial charge in [0.05, 0.1) is 0 Å². The Kier molecular flexibility index (Phi) is 5.84. The molecule has 17 heavy (non-hydrogen) atoms. The molecule has 0 heterocycles. The minimum Gasteiger partial charge on any atom is -0.508 e. The topological polar surface area (TPSA) is 20.2 Å². The highest BCUT2D eigenvalue weighted by molar-refractivity contribution is 6.31. The van der Waals surface area contributed by atoms with E-state index in [1.165, 1.54) is 19.3 Å². The molecular weight excluding hydrogens is 232 g/mol. The Morgan fingerprint density at radius 2 is 1.88 bits per heavy atom. The van der Waals surface area contributed by atoms with Crippen LogP contribution in [0, 0.1) is 12.8 Å². The molecule has 0 bridgehead atoms. The minimum atomic E-state index is 0.385. The van der Waals surface area contributed by atoms with Gasteiger partial charge >= 0.3 is 0 Å². The van der Waals surface area contributed by atoms with Crippen molar-refractivity contribution < 1.29 is 5.11 Å². The molecule has 96 valence electrons. The van der Waals surface area contributed by atoms with Gasteiger partial charge in [0.1, 0.15) is 5.75 Å². The van der Waals surface area contributed by atoms with E-state index >= 15 is 0 Å². The first-order valence-electron chi connectivity index (χ1n) is 6.49. The maximum Gasteiger partial charge on any atom is 0.119 e. The third-order valence-corrected chi connectivity index (χ3v) is 3.63. The van der Waals surface area contributed by atoms with Crippen molar-refractivity contribution in [2.24, 2.45) is 5.92 Å². The molecule has 1 aromatic rings. The molecule has 0 saturated carbocycles. The lowest BCUT2D eigenvalue weighted by atomic mass is 9.99. The van der Waals surface area contributed by atoms with Gasteiger partial charge in [-0.1, -0.05) is 44.7 Å². The van der Waals surface area contributed by atoms with Crippen LogP contribution in [0.25, 0.3) is 0 Å². The first-order chi connectivity index (χ1) is 8.02. The first kappa shape index (κ1) is 14.4. The Morgan fingerprint density at radius 1 is 1.18 bits per heavy atom. The SMILES string of the molecule is Cc1c(Cl)ccc(O)c1CCCCCC(C)C. The Morgan fingerprint density at radius 3 is 2.53 bits per heavy atom. The van der Waals surface area contributed by atoms with Crippen LogP contribution in [0.2, 0.25) is 5.02 Å². The van der Waals surface area contributed by atoms with Crippen molar-refractivity contribution in [1.29, 1.82) is 0 Å². The van der Waals surface area contributed by atoms with Crippen LogP contribution in [0.1, 0.15) is 50.7 Å². The van der Waals surface area contributed by atoms with Crippen molar-refractivity contribution in [3.8, 4) is 5.75 Å². The third-order valence-electron chi connectivity index (χ3n) is 3.22. The van der Waals surface area contributed by atoms with E-state index in [9.17, 15) is 5.11 Å². The van der Waals surface area contributed by atoms with Gasteiger partial charge in [-0.25, -0.2) is 0 Å². The zero-order chi connectivity index (χ0) is 12.8. The lowest BCUT2D eigenvalue weighted by Gasteiger charge is -2.10. The number of unbranched alkanes of at least 4 members (excludes halogenated alkanes) is 2. The van der Waals surface area contributed by atoms with Crippen LogP contribution in [0.5, 0.6) is 5.75 Å². The fraction of sp³-hybridized carbons (Fsp3) is 0.600. The van der Waals surface area contributed by atoms with E-state index in [0.717, 1.165) is 34.9 Å². The van der Waals surface area contributed by atoms with Crippen molar-refractivity contribution >= 4 is 11.6 Å². The van der Waals surface area contributed by atoms with Gasteiger partial charge in [0.15, 0.2) is 0 Å². The smallest absolute Gasteiger partial charge is 0.119 e. The molecule has 0 aromatic heterocycles. The molecule has 2 heteroatoms. The molecule has 0 unspecified atom stereocenters. The third kappa shape index (κ3) is 4.59. The van der Waals surface area contributed by atoms with E-state index in [2.05, 4.69) is 13.8 Å². The molecule has 1 N–H and O–H groups in total. The molecule has 1 nitrogen and oxygen atoms in total. The van der Waals surface area contributed by atoms with E-state index in [0.29, 0.717) is 5.75 Å². The van der Waals surface area contributed by atoms with Crippen LogP contribution < -0.4 is 0 Å². The summed E-state index contributed by atoms with van der Waals surface area (Å²) >= 11 is 6.06. The summed E-state index contributed by atoms with van der Waals surface area (Å²) in [6.45, 7) is 6.49. The molecule has 0 saturated heterocycles. The van der Waals surface area contributed by atoms with E-state index in [-0.39, 0.29) is 0 Å². The molecule has 1 rings (SSSR count). The van der Waals surface area contributed by atoms with Gasteiger partial charge in [0.2, 0.25) is 0 Å². The number of halogens is 1. The maximum atomic E-state index is 9.80. The van der Waals surface area contributed by atoms with E-state index < -0.39 is 0 Å². The van der Waals surface area contributed by atoms with Crippen molar-refractivity contribution in [2.45, 2.75) is 52.9 Å². The molecule has 0 spiro atoms. The molecule has 0 amide bonds. The highest BCUT2D eigenvalue weighted by atomic mass is 35.5. The van der Waals surface area contributed by atoms with Gasteiger partial charge in [0, 0.05) is 5.02 Å². The predicted octanol–water partition coefficient (Wildman–Crippen LogP) is 5.11. The first-order valence-corrected chi connectivity index (χ1v) is 6.87. The number of hydrogen-bond donors (Lipinski definition) is 1. The second kappa shape index (κ2) is 6.90. The lowest BCUT2D eigenvalue weighted by Crippen LogP contribution is -1.93. The number of benzene rings is 1. The average Bonchev–Trinajstić information content (AvgIpc) is 2.27. The standard InChI is InChI=1S/C15H23ClO/c1-11(2)7-5-4-6-8-13-12(3)14(16)9-10-15(13)17/h9-11,17H,4-8H2,1-3H3. The monoisotopic (exact) mass is 254 g/mol. The normalized spacial score (nSPS) is 11.1. The van der Waals surface area contributed by atoms with Crippen molar-refractivity contribution in [3.05, 3.63) is 28.3 Å². The minimum absolute atomic E-state index is 0.385. The van der Waals surface area contributed by atoms with Gasteiger partial charge in [-0.05, 0) is 48.9 Å². The van der Waals surface area contributed by atoms with Gasteiger partial charge in [0.25, 0.3) is 0 Å². The number of phenolic OH excluding ortho intramolecular Hbond substituents is 1. The summed E-state index contributed by atoms with van der Waals surface area (Å²) in [5.41, 5.74) is 2.04. The number of phenols is 1. The Labute approximate surface area is 110 Å². The van der Waals surface area contributed by atoms with E-state index in [1.54, 1.807) is 12.1 Å². The van der Waals surface area contributed by atoms with Crippen molar-refractivity contribution in [1.82, 2.24) is 0 Å². The molecular formula is C15H23ClO. The van der Waals surface area contributed by atoms with Gasteiger partial charge < -0.3 is 5.11 Å². The molecule has 0 aliphatic rings. The fourth-order valence-electron chi connectivity index (χ4n) is 2.06. The zero-order valence-corrected chi connectivity index (χ0v) is 11.8. The fourth-order valence-corrected chi connectivity index (χ4v) is 2.24. The quantitative estimate of drug-likeness (QED) is 0.699. The summed E-state index contributed by atoms with van der Waals surface area (Å²) in [4.78, 5) is 0. The molecule has 0 aliphatic heterocycles. The van der Waals surface area contributed by atoms with Crippen LogP contribution in [-0.2, 0) is 6.42 Å². The molecule has 0 fully saturated rings. The summed E-state index contributed by atoms with van der Waals surface area (Å²) < 4.78 is 0. The molecule has 1 aromatic carbocycles. The second-order valence-electron chi connectivity index (χ2n) is 5.16. The van der Waals surface area contributed by atoms with Crippen LogP contribution in [-0.4, -0.2) is 5.11 Å². The molecule has 0 atom stereocenters. The summed E-state index contributed by atoms with van der Waals surface area (Å²) in [6, 6.07) is 3.45. The van der Waals surface area contributed by atoms with Crippen LogP contribution in [0.15, 0.2) is 12.1 Å². The van der Waals surface area contributed by atoms with Crippen LogP contribution in [0.4, 0.5) is 0 Å². The van der Waals surface area contributed by atoms with Crippen LogP contribution >= 0.6 is 11.6 Å². The Bertz CT molecular complexity index is 358. The van der Waals surface area contributed by atoms with Gasteiger partial charge in [-0.15, -0.1) is 0 Å². The average molecular weight is 255 g/mol. The summed E-state index contributed by atoms with van der Waals surface area (Å²) in [5.74, 6) is 1.17. The van der Waals surface area contributed by atoms with Gasteiger partial charge in [-0.3, -0.25) is 0 Å². The molecule has 0 aliphatic carbocycles. The number of aromatic hydroxyl groups is 1. The zero-order valence-electron chi connectivity index (χ0n) is 11.1. The predicted molar refractivity (Wildman–Crippen MR) is 74.9 cm³/mol. The maximum absolute atomic E-state index is 9.80. The highest BCUT2D eigenvalue weighted by Crippen LogP contribution is 2.28. The lowest BCUT2D eigenvalue weighted by molar-refractivity contribution is 0.464. The Hall–Kier alpha value is -0.690. The van der Waals surface area contributed by atoms with E-state index in [1.807, 2.05) is 6.92 Å². The largest absolute Gasteiger partial charge is 0.508 e. The summed E-state index contributed by atoms with van der Waals surface area (Å²) in [6.07, 6.45) is 5.85. The van der Waals surface area contributed by atoms with Gasteiger partial charge in [-0.2, -0.15) is 0 Å². The number of hydrogen-bond acceptors (Lipinski definition) is 1. The molecule has 0 radical (unpaired) electrons. The number of rotatable bonds is 6. The van der Waals surface area contributed by atoms with Crippen LogP contribution in [0.3, 0.4) is 0 Å². The van der Waals surface area contributed by atoms with E-state index in [4.69, 9.17) is 11.6 Å². The highest BCUT2D eigenvalue weighted by Gasteiger charge is 2.07.